The Labute approximate surface area is 111 Å². The van der Waals surface area contributed by atoms with Crippen LogP contribution >= 0.6 is 0 Å². The van der Waals surface area contributed by atoms with Gasteiger partial charge in [0.1, 0.15) is 5.75 Å². The van der Waals surface area contributed by atoms with Crippen molar-refractivity contribution < 1.29 is 4.74 Å². The van der Waals surface area contributed by atoms with Gasteiger partial charge in [-0.3, -0.25) is 0 Å². The van der Waals surface area contributed by atoms with E-state index in [-0.39, 0.29) is 0 Å². The number of methoxy groups -OCH3 is 1. The Bertz CT molecular complexity index is 375. The van der Waals surface area contributed by atoms with Crippen LogP contribution in [0.25, 0.3) is 0 Å². The number of benzene rings is 1. The molecule has 0 saturated heterocycles. The normalized spacial score (nSPS) is 24.2. The Balaban J connectivity index is 2.16. The maximum Gasteiger partial charge on any atom is 0.119 e. The van der Waals surface area contributed by atoms with Gasteiger partial charge >= 0.3 is 0 Å². The zero-order chi connectivity index (χ0) is 13.0. The average molecular weight is 247 g/mol. The molecule has 0 aromatic heterocycles. The first-order valence-corrected chi connectivity index (χ1v) is 6.99. The lowest BCUT2D eigenvalue weighted by atomic mass is 9.75. The van der Waals surface area contributed by atoms with Crippen molar-refractivity contribution >= 4 is 0 Å². The topological polar surface area (TPSA) is 12.5 Å². The third-order valence-corrected chi connectivity index (χ3v) is 4.03. The third-order valence-electron chi connectivity index (χ3n) is 4.03. The predicted molar refractivity (Wildman–Crippen MR) is 76.2 cm³/mol. The SMILES string of the molecule is COc1cccc([C@H]2CCCC[C@@H]2CN(C)C)c1. The number of nitrogens with zero attached hydrogens (tertiary/aromatic N) is 1. The van der Waals surface area contributed by atoms with Gasteiger partial charge in [0.15, 0.2) is 0 Å². The molecule has 0 unspecified atom stereocenters. The van der Waals surface area contributed by atoms with E-state index in [0.717, 1.165) is 11.7 Å². The Morgan fingerprint density at radius 3 is 2.72 bits per heavy atom. The molecule has 1 aliphatic carbocycles. The molecule has 2 nitrogen and oxygen atoms in total. The summed E-state index contributed by atoms with van der Waals surface area (Å²) in [4.78, 5) is 2.32. The van der Waals surface area contributed by atoms with Gasteiger partial charge in [0.05, 0.1) is 7.11 Å². The number of hydrogen-bond acceptors (Lipinski definition) is 2. The van der Waals surface area contributed by atoms with Gasteiger partial charge in [-0.15, -0.1) is 0 Å². The molecule has 18 heavy (non-hydrogen) atoms. The van der Waals surface area contributed by atoms with E-state index in [2.05, 4.69) is 37.2 Å². The Kier molecular flexibility index (Phi) is 4.65. The van der Waals surface area contributed by atoms with Crippen LogP contribution in [0.2, 0.25) is 0 Å². The van der Waals surface area contributed by atoms with E-state index < -0.39 is 0 Å². The van der Waals surface area contributed by atoms with E-state index in [1.807, 2.05) is 6.07 Å². The summed E-state index contributed by atoms with van der Waals surface area (Å²) >= 11 is 0. The summed E-state index contributed by atoms with van der Waals surface area (Å²) in [5.41, 5.74) is 1.46. The maximum atomic E-state index is 5.35. The van der Waals surface area contributed by atoms with Crippen LogP contribution in [-0.4, -0.2) is 32.6 Å². The molecular weight excluding hydrogens is 222 g/mol. The van der Waals surface area contributed by atoms with Gasteiger partial charge in [0.25, 0.3) is 0 Å². The maximum absolute atomic E-state index is 5.35. The molecule has 100 valence electrons. The lowest BCUT2D eigenvalue weighted by Crippen LogP contribution is -2.28. The predicted octanol–water partition coefficient (Wildman–Crippen LogP) is 3.53. The van der Waals surface area contributed by atoms with E-state index in [0.29, 0.717) is 5.92 Å². The highest BCUT2D eigenvalue weighted by molar-refractivity contribution is 5.31. The van der Waals surface area contributed by atoms with Crippen LogP contribution in [0.4, 0.5) is 0 Å². The fourth-order valence-electron chi connectivity index (χ4n) is 3.21. The van der Waals surface area contributed by atoms with E-state index in [1.54, 1.807) is 7.11 Å². The molecular formula is C16H25NO. The molecule has 0 heterocycles. The van der Waals surface area contributed by atoms with Gasteiger partial charge in [0, 0.05) is 6.54 Å². The van der Waals surface area contributed by atoms with E-state index >= 15 is 0 Å². The summed E-state index contributed by atoms with van der Waals surface area (Å²) in [6.45, 7) is 1.20. The summed E-state index contributed by atoms with van der Waals surface area (Å²) < 4.78 is 5.35. The lowest BCUT2D eigenvalue weighted by Gasteiger charge is -2.34. The Morgan fingerprint density at radius 1 is 1.22 bits per heavy atom. The van der Waals surface area contributed by atoms with Crippen LogP contribution in [0.15, 0.2) is 24.3 Å². The molecule has 1 aromatic rings. The van der Waals surface area contributed by atoms with Crippen LogP contribution in [0.5, 0.6) is 5.75 Å². The highest BCUT2D eigenvalue weighted by Gasteiger charge is 2.26. The van der Waals surface area contributed by atoms with E-state index in [1.165, 1.54) is 37.8 Å². The molecule has 1 fully saturated rings. The molecule has 0 bridgehead atoms. The van der Waals surface area contributed by atoms with Crippen molar-refractivity contribution in [1.29, 1.82) is 0 Å². The van der Waals surface area contributed by atoms with Crippen molar-refractivity contribution in [1.82, 2.24) is 4.90 Å². The van der Waals surface area contributed by atoms with Crippen molar-refractivity contribution in [2.24, 2.45) is 5.92 Å². The third kappa shape index (κ3) is 3.26. The van der Waals surface area contributed by atoms with Gasteiger partial charge in [-0.1, -0.05) is 25.0 Å². The first kappa shape index (κ1) is 13.4. The molecule has 0 amide bonds. The quantitative estimate of drug-likeness (QED) is 0.807. The van der Waals surface area contributed by atoms with Crippen LogP contribution in [0, 0.1) is 5.92 Å². The Hall–Kier alpha value is -1.02. The van der Waals surface area contributed by atoms with Gasteiger partial charge < -0.3 is 9.64 Å². The van der Waals surface area contributed by atoms with Gasteiger partial charge in [-0.05, 0) is 56.5 Å². The molecule has 2 atom stereocenters. The number of hydrogen-bond donors (Lipinski definition) is 0. The first-order chi connectivity index (χ1) is 8.70. The van der Waals surface area contributed by atoms with Crippen LogP contribution in [0.1, 0.15) is 37.2 Å². The first-order valence-electron chi connectivity index (χ1n) is 6.99. The minimum absolute atomic E-state index is 0.705. The number of ether oxygens (including phenoxy) is 1. The minimum atomic E-state index is 0.705. The highest BCUT2D eigenvalue weighted by atomic mass is 16.5. The number of rotatable bonds is 4. The second-order valence-corrected chi connectivity index (χ2v) is 5.69. The molecule has 1 saturated carbocycles. The molecule has 0 aliphatic heterocycles. The zero-order valence-corrected chi connectivity index (χ0v) is 11.9. The smallest absolute Gasteiger partial charge is 0.119 e. The van der Waals surface area contributed by atoms with Crippen LogP contribution in [0.3, 0.4) is 0 Å². The molecule has 0 radical (unpaired) electrons. The summed E-state index contributed by atoms with van der Waals surface area (Å²) in [5, 5.41) is 0. The van der Waals surface area contributed by atoms with Gasteiger partial charge in [0.2, 0.25) is 0 Å². The van der Waals surface area contributed by atoms with Gasteiger partial charge in [-0.2, -0.15) is 0 Å². The van der Waals surface area contributed by atoms with Crippen LogP contribution < -0.4 is 4.74 Å². The zero-order valence-electron chi connectivity index (χ0n) is 11.9. The monoisotopic (exact) mass is 247 g/mol. The van der Waals surface area contributed by atoms with Gasteiger partial charge in [-0.25, -0.2) is 0 Å². The van der Waals surface area contributed by atoms with Crippen molar-refractivity contribution in [3.8, 4) is 5.75 Å². The summed E-state index contributed by atoms with van der Waals surface area (Å²) in [6.07, 6.45) is 5.44. The standard InChI is InChI=1S/C16H25NO/c1-17(2)12-14-7-4-5-10-16(14)13-8-6-9-15(11-13)18-3/h6,8-9,11,14,16H,4-5,7,10,12H2,1-3H3/t14-,16-/m1/s1. The molecule has 0 spiro atoms. The summed E-state index contributed by atoms with van der Waals surface area (Å²) in [5.74, 6) is 2.48. The van der Waals surface area contributed by atoms with Crippen molar-refractivity contribution in [2.75, 3.05) is 27.7 Å². The molecule has 0 N–H and O–H groups in total. The minimum Gasteiger partial charge on any atom is -0.497 e. The van der Waals surface area contributed by atoms with Crippen molar-refractivity contribution in [2.45, 2.75) is 31.6 Å². The second-order valence-electron chi connectivity index (χ2n) is 5.69. The fourth-order valence-corrected chi connectivity index (χ4v) is 3.21. The summed E-state index contributed by atoms with van der Waals surface area (Å²) in [7, 11) is 6.10. The van der Waals surface area contributed by atoms with Crippen molar-refractivity contribution in [3.05, 3.63) is 29.8 Å². The average Bonchev–Trinajstić information content (AvgIpc) is 2.39. The van der Waals surface area contributed by atoms with Crippen LogP contribution in [-0.2, 0) is 0 Å². The summed E-state index contributed by atoms with van der Waals surface area (Å²) in [6, 6.07) is 8.64. The molecule has 2 rings (SSSR count). The molecule has 2 heteroatoms. The molecule has 1 aliphatic rings. The highest BCUT2D eigenvalue weighted by Crippen LogP contribution is 2.38. The fraction of sp³-hybridized carbons (Fsp3) is 0.625. The second kappa shape index (κ2) is 6.24. The Morgan fingerprint density at radius 2 is 2.00 bits per heavy atom. The van der Waals surface area contributed by atoms with E-state index in [4.69, 9.17) is 4.74 Å². The molecule has 1 aromatic carbocycles. The van der Waals surface area contributed by atoms with Crippen molar-refractivity contribution in [3.63, 3.8) is 0 Å². The lowest BCUT2D eigenvalue weighted by molar-refractivity contribution is 0.233. The largest absolute Gasteiger partial charge is 0.497 e. The van der Waals surface area contributed by atoms with E-state index in [9.17, 15) is 0 Å².